The van der Waals surface area contributed by atoms with Gasteiger partial charge in [0.2, 0.25) is 0 Å². The lowest BCUT2D eigenvalue weighted by Crippen LogP contribution is -2.27. The minimum atomic E-state index is -0.965. The second-order valence-electron chi connectivity index (χ2n) is 7.45. The van der Waals surface area contributed by atoms with E-state index in [0.717, 1.165) is 38.7 Å². The zero-order valence-electron chi connectivity index (χ0n) is 16.6. The van der Waals surface area contributed by atoms with E-state index in [1.165, 1.54) is 5.56 Å². The van der Waals surface area contributed by atoms with E-state index in [4.69, 9.17) is 5.11 Å². The molecule has 158 valence electrons. The number of hydrogen-bond acceptors (Lipinski definition) is 3. The van der Waals surface area contributed by atoms with E-state index in [2.05, 4.69) is 60.3 Å². The van der Waals surface area contributed by atoms with Gasteiger partial charge in [0.25, 0.3) is 5.91 Å². The molecule has 0 radical (unpaired) electrons. The van der Waals surface area contributed by atoms with E-state index in [1.807, 2.05) is 18.2 Å². The number of carboxylic acids is 1. The highest BCUT2D eigenvalue weighted by molar-refractivity contribution is 9.11. The molecule has 0 atom stereocenters. The SMILES string of the molecule is O=C(O)c1ccc(CNC(=O)c2cccc3c2N(Cc2cc(Br)cc(Br)c2)CC3)cc1. The predicted molar refractivity (Wildman–Crippen MR) is 128 cm³/mol. The Morgan fingerprint density at radius 2 is 1.68 bits per heavy atom. The number of carbonyl (C=O) groups is 2. The molecule has 3 aromatic carbocycles. The molecular formula is C24H20Br2N2O3. The van der Waals surface area contributed by atoms with Gasteiger partial charge in [0, 0.05) is 28.6 Å². The molecule has 0 saturated carbocycles. The standard InChI is InChI=1S/C24H20Br2N2O3/c25-19-10-16(11-20(26)12-19)14-28-9-8-17-2-1-3-21(22(17)28)23(29)27-13-15-4-6-18(7-5-15)24(30)31/h1-7,10-12H,8-9,13-14H2,(H,27,29)(H,30,31). The van der Waals surface area contributed by atoms with Crippen molar-refractivity contribution in [1.82, 2.24) is 5.32 Å². The first-order chi connectivity index (χ1) is 14.9. The van der Waals surface area contributed by atoms with Crippen LogP contribution in [0.25, 0.3) is 0 Å². The lowest BCUT2D eigenvalue weighted by atomic mass is 10.1. The molecule has 0 saturated heterocycles. The maximum atomic E-state index is 13.0. The Hall–Kier alpha value is -2.64. The van der Waals surface area contributed by atoms with Gasteiger partial charge < -0.3 is 15.3 Å². The van der Waals surface area contributed by atoms with Crippen molar-refractivity contribution in [3.05, 3.63) is 97.4 Å². The van der Waals surface area contributed by atoms with Gasteiger partial charge in [0.15, 0.2) is 0 Å². The summed E-state index contributed by atoms with van der Waals surface area (Å²) in [5.41, 5.74) is 5.05. The fourth-order valence-corrected chi connectivity index (χ4v) is 5.23. The number of nitrogens with zero attached hydrogens (tertiary/aromatic N) is 1. The van der Waals surface area contributed by atoms with Gasteiger partial charge >= 0.3 is 5.97 Å². The number of hydrogen-bond donors (Lipinski definition) is 2. The smallest absolute Gasteiger partial charge is 0.335 e. The lowest BCUT2D eigenvalue weighted by molar-refractivity contribution is 0.0696. The molecule has 1 heterocycles. The predicted octanol–water partition coefficient (Wildman–Crippen LogP) is 5.40. The van der Waals surface area contributed by atoms with Crippen molar-refractivity contribution in [2.45, 2.75) is 19.5 Å². The van der Waals surface area contributed by atoms with Crippen LogP contribution in [0.15, 0.2) is 69.6 Å². The Morgan fingerprint density at radius 1 is 0.968 bits per heavy atom. The normalized spacial score (nSPS) is 12.5. The van der Waals surface area contributed by atoms with E-state index in [9.17, 15) is 9.59 Å². The number of rotatable bonds is 6. The Bertz CT molecular complexity index is 1130. The minimum absolute atomic E-state index is 0.138. The number of fused-ring (bicyclic) bond motifs is 1. The molecule has 0 aromatic heterocycles. The van der Waals surface area contributed by atoms with Gasteiger partial charge in [-0.3, -0.25) is 4.79 Å². The van der Waals surface area contributed by atoms with Gasteiger partial charge in [-0.25, -0.2) is 4.79 Å². The summed E-state index contributed by atoms with van der Waals surface area (Å²) in [6.07, 6.45) is 0.905. The zero-order chi connectivity index (χ0) is 22.0. The molecule has 7 heteroatoms. The van der Waals surface area contributed by atoms with Gasteiger partial charge in [0.1, 0.15) is 0 Å². The quantitative estimate of drug-likeness (QED) is 0.436. The Morgan fingerprint density at radius 3 is 2.35 bits per heavy atom. The number of halogens is 2. The van der Waals surface area contributed by atoms with Gasteiger partial charge in [-0.2, -0.15) is 0 Å². The van der Waals surface area contributed by atoms with Gasteiger partial charge in [-0.05, 0) is 59.5 Å². The highest BCUT2D eigenvalue weighted by Crippen LogP contribution is 2.34. The summed E-state index contributed by atoms with van der Waals surface area (Å²) in [5.74, 6) is -1.10. The molecule has 2 N–H and O–H groups in total. The Balaban J connectivity index is 1.51. The molecule has 0 fully saturated rings. The third-order valence-corrected chi connectivity index (χ3v) is 6.20. The third kappa shape index (κ3) is 4.99. The fourth-order valence-electron chi connectivity index (χ4n) is 3.84. The molecule has 0 aliphatic carbocycles. The lowest BCUT2D eigenvalue weighted by Gasteiger charge is -2.22. The molecule has 4 rings (SSSR count). The van der Waals surface area contributed by atoms with Crippen molar-refractivity contribution in [3.8, 4) is 0 Å². The molecular weight excluding hydrogens is 524 g/mol. The first-order valence-corrected chi connectivity index (χ1v) is 11.4. The molecule has 0 spiro atoms. The summed E-state index contributed by atoms with van der Waals surface area (Å²) in [7, 11) is 0. The topological polar surface area (TPSA) is 69.6 Å². The number of anilines is 1. The van der Waals surface area contributed by atoms with Crippen LogP contribution in [0.3, 0.4) is 0 Å². The number of amides is 1. The van der Waals surface area contributed by atoms with E-state index in [1.54, 1.807) is 24.3 Å². The van der Waals surface area contributed by atoms with Crippen LogP contribution in [0.5, 0.6) is 0 Å². The van der Waals surface area contributed by atoms with E-state index >= 15 is 0 Å². The molecule has 5 nitrogen and oxygen atoms in total. The maximum absolute atomic E-state index is 13.0. The van der Waals surface area contributed by atoms with Crippen molar-refractivity contribution < 1.29 is 14.7 Å². The largest absolute Gasteiger partial charge is 0.478 e. The molecule has 1 amide bonds. The zero-order valence-corrected chi connectivity index (χ0v) is 19.7. The Labute approximate surface area is 197 Å². The average molecular weight is 544 g/mol. The third-order valence-electron chi connectivity index (χ3n) is 5.28. The van der Waals surface area contributed by atoms with E-state index in [-0.39, 0.29) is 11.5 Å². The van der Waals surface area contributed by atoms with Crippen molar-refractivity contribution in [3.63, 3.8) is 0 Å². The summed E-state index contributed by atoms with van der Waals surface area (Å²) in [6.45, 7) is 1.91. The first kappa shape index (κ1) is 21.6. The number of carbonyl (C=O) groups excluding carboxylic acids is 1. The van der Waals surface area contributed by atoms with Crippen LogP contribution in [0, 0.1) is 0 Å². The van der Waals surface area contributed by atoms with Crippen molar-refractivity contribution in [1.29, 1.82) is 0 Å². The van der Waals surface area contributed by atoms with Gasteiger partial charge in [0.05, 0.1) is 16.8 Å². The van der Waals surface area contributed by atoms with Gasteiger partial charge in [-0.15, -0.1) is 0 Å². The number of benzene rings is 3. The number of nitrogens with one attached hydrogen (secondary N) is 1. The summed E-state index contributed by atoms with van der Waals surface area (Å²) in [4.78, 5) is 26.3. The average Bonchev–Trinajstić information content (AvgIpc) is 3.14. The fraction of sp³-hybridized carbons (Fsp3) is 0.167. The molecule has 1 aliphatic rings. The number of carboxylic acid groups (broad SMARTS) is 1. The minimum Gasteiger partial charge on any atom is -0.478 e. The monoisotopic (exact) mass is 542 g/mol. The van der Waals surface area contributed by atoms with Crippen LogP contribution in [-0.4, -0.2) is 23.5 Å². The second-order valence-corrected chi connectivity index (χ2v) is 9.28. The second kappa shape index (κ2) is 9.24. The van der Waals surface area contributed by atoms with Crippen molar-refractivity contribution in [2.75, 3.05) is 11.4 Å². The summed E-state index contributed by atoms with van der Waals surface area (Å²) < 4.78 is 2.02. The molecule has 0 unspecified atom stereocenters. The summed E-state index contributed by atoms with van der Waals surface area (Å²) in [5, 5.41) is 12.0. The maximum Gasteiger partial charge on any atom is 0.335 e. The van der Waals surface area contributed by atoms with Gasteiger partial charge in [-0.1, -0.05) is 56.1 Å². The highest BCUT2D eigenvalue weighted by Gasteiger charge is 2.25. The highest BCUT2D eigenvalue weighted by atomic mass is 79.9. The van der Waals surface area contributed by atoms with Crippen molar-refractivity contribution >= 4 is 49.4 Å². The Kier molecular flexibility index (Phi) is 6.43. The summed E-state index contributed by atoms with van der Waals surface area (Å²) >= 11 is 7.08. The molecule has 0 bridgehead atoms. The van der Waals surface area contributed by atoms with Crippen LogP contribution < -0.4 is 10.2 Å². The molecule has 31 heavy (non-hydrogen) atoms. The summed E-state index contributed by atoms with van der Waals surface area (Å²) in [6, 6.07) is 18.6. The van der Waals surface area contributed by atoms with E-state index in [0.29, 0.717) is 18.7 Å². The van der Waals surface area contributed by atoms with Crippen LogP contribution in [0.2, 0.25) is 0 Å². The molecule has 1 aliphatic heterocycles. The van der Waals surface area contributed by atoms with Crippen molar-refractivity contribution in [2.24, 2.45) is 0 Å². The van der Waals surface area contributed by atoms with Crippen LogP contribution in [0.4, 0.5) is 5.69 Å². The van der Waals surface area contributed by atoms with Crippen LogP contribution in [-0.2, 0) is 19.5 Å². The van der Waals surface area contributed by atoms with E-state index < -0.39 is 5.97 Å². The number of para-hydroxylation sites is 1. The molecule has 3 aromatic rings. The first-order valence-electron chi connectivity index (χ1n) is 9.83. The van der Waals surface area contributed by atoms with Crippen LogP contribution in [0.1, 0.15) is 37.4 Å². The van der Waals surface area contributed by atoms with Crippen LogP contribution >= 0.6 is 31.9 Å². The number of aromatic carboxylic acids is 1.